The van der Waals surface area contributed by atoms with Gasteiger partial charge in [-0.15, -0.1) is 11.3 Å². The van der Waals surface area contributed by atoms with Crippen LogP contribution >= 0.6 is 11.3 Å². The highest BCUT2D eigenvalue weighted by molar-refractivity contribution is 7.09. The molecule has 1 saturated heterocycles. The minimum atomic E-state index is 0.499. The van der Waals surface area contributed by atoms with Crippen LogP contribution in [-0.4, -0.2) is 17.7 Å². The summed E-state index contributed by atoms with van der Waals surface area (Å²) in [6.07, 6.45) is 1.57. The topological polar surface area (TPSA) is 25.4 Å². The molecular formula is C7H9NOS. The molecule has 10 heavy (non-hydrogen) atoms. The van der Waals surface area contributed by atoms with Crippen LogP contribution in [0.1, 0.15) is 10.6 Å². The molecular weight excluding hydrogens is 146 g/mol. The van der Waals surface area contributed by atoms with Crippen LogP contribution in [0.4, 0.5) is 0 Å². The molecule has 0 spiro atoms. The molecule has 0 aromatic carbocycles. The lowest BCUT2D eigenvalue weighted by atomic mass is 10.2. The molecule has 2 heterocycles. The van der Waals surface area contributed by atoms with Crippen LogP contribution in [0.3, 0.4) is 0 Å². The van der Waals surface area contributed by atoms with Crippen LogP contribution in [0.2, 0.25) is 0 Å². The van der Waals surface area contributed by atoms with Crippen molar-refractivity contribution in [1.29, 1.82) is 0 Å². The summed E-state index contributed by atoms with van der Waals surface area (Å²) in [5.74, 6) is 0. The summed E-state index contributed by atoms with van der Waals surface area (Å²) in [5, 5.41) is 0. The van der Waals surface area contributed by atoms with Crippen molar-refractivity contribution in [3.63, 3.8) is 0 Å². The Labute approximate surface area is 63.9 Å². The maximum absolute atomic E-state index is 5.12. The fourth-order valence-corrected chi connectivity index (χ4v) is 1.76. The predicted molar refractivity (Wildman–Crippen MR) is 40.3 cm³/mol. The highest BCUT2D eigenvalue weighted by Crippen LogP contribution is 2.20. The fraction of sp³-hybridized carbons (Fsp3) is 0.571. The third-order valence-corrected chi connectivity index (χ3v) is 2.62. The van der Waals surface area contributed by atoms with Gasteiger partial charge in [0, 0.05) is 11.3 Å². The van der Waals surface area contributed by atoms with E-state index < -0.39 is 0 Å². The zero-order valence-corrected chi connectivity index (χ0v) is 6.65. The summed E-state index contributed by atoms with van der Waals surface area (Å²) >= 11 is 1.73. The van der Waals surface area contributed by atoms with E-state index in [1.807, 2.05) is 12.4 Å². The van der Waals surface area contributed by atoms with Crippen molar-refractivity contribution in [3.05, 3.63) is 16.1 Å². The van der Waals surface area contributed by atoms with Crippen molar-refractivity contribution in [2.24, 2.45) is 0 Å². The third-order valence-electron chi connectivity index (χ3n) is 1.66. The van der Waals surface area contributed by atoms with Gasteiger partial charge in [-0.1, -0.05) is 0 Å². The number of hydrogen-bond donors (Lipinski definition) is 0. The largest absolute Gasteiger partial charge is 0.373 e. The van der Waals surface area contributed by atoms with Crippen LogP contribution in [0.25, 0.3) is 0 Å². The van der Waals surface area contributed by atoms with Gasteiger partial charge in [-0.25, -0.2) is 4.98 Å². The van der Waals surface area contributed by atoms with Gasteiger partial charge in [-0.2, -0.15) is 0 Å². The number of hydrogen-bond acceptors (Lipinski definition) is 3. The van der Waals surface area contributed by atoms with E-state index in [0.717, 1.165) is 13.0 Å². The van der Waals surface area contributed by atoms with Crippen molar-refractivity contribution in [2.75, 3.05) is 6.61 Å². The summed E-state index contributed by atoms with van der Waals surface area (Å²) in [6, 6.07) is 0. The average Bonchev–Trinajstić information content (AvgIpc) is 2.62. The Hall–Kier alpha value is -0.410. The Bertz CT molecular complexity index is 229. The lowest BCUT2D eigenvalue weighted by molar-refractivity contribution is 0.408. The van der Waals surface area contributed by atoms with Crippen molar-refractivity contribution >= 4 is 11.3 Å². The molecule has 0 aliphatic carbocycles. The first-order chi connectivity index (χ1) is 4.86. The first-order valence-corrected chi connectivity index (χ1v) is 4.25. The van der Waals surface area contributed by atoms with Gasteiger partial charge in [-0.05, 0) is 6.92 Å². The second-order valence-electron chi connectivity index (χ2n) is 2.52. The Morgan fingerprint density at radius 3 is 3.20 bits per heavy atom. The molecule has 3 heteroatoms. The summed E-state index contributed by atoms with van der Waals surface area (Å²) in [4.78, 5) is 5.54. The summed E-state index contributed by atoms with van der Waals surface area (Å²) in [5.41, 5.74) is 3.06. The molecule has 2 rings (SSSR count). The monoisotopic (exact) mass is 155 g/mol. The molecule has 1 atom stereocenters. The lowest BCUT2D eigenvalue weighted by Gasteiger charge is -1.90. The van der Waals surface area contributed by atoms with Gasteiger partial charge in [-0.3, -0.25) is 0 Å². The number of epoxide rings is 1. The molecule has 1 aliphatic heterocycles. The average molecular weight is 155 g/mol. The van der Waals surface area contributed by atoms with E-state index in [4.69, 9.17) is 4.74 Å². The zero-order chi connectivity index (χ0) is 6.97. The van der Waals surface area contributed by atoms with E-state index in [9.17, 15) is 0 Å². The van der Waals surface area contributed by atoms with E-state index in [-0.39, 0.29) is 0 Å². The first kappa shape index (κ1) is 6.31. The van der Waals surface area contributed by atoms with Gasteiger partial charge in [0.2, 0.25) is 0 Å². The SMILES string of the molecule is Cc1ncsc1C[C@H]1CO1. The minimum absolute atomic E-state index is 0.499. The molecule has 1 aromatic rings. The molecule has 0 radical (unpaired) electrons. The third kappa shape index (κ3) is 1.20. The van der Waals surface area contributed by atoms with E-state index in [1.54, 1.807) is 11.3 Å². The standard InChI is InChI=1S/C7H9NOS/c1-5-7(10-4-8-5)2-6-3-9-6/h4,6H,2-3H2,1H3/t6-/m0/s1. The number of rotatable bonds is 2. The number of nitrogens with zero attached hydrogens (tertiary/aromatic N) is 1. The van der Waals surface area contributed by atoms with Gasteiger partial charge in [0.1, 0.15) is 0 Å². The first-order valence-electron chi connectivity index (χ1n) is 3.37. The highest BCUT2D eigenvalue weighted by atomic mass is 32.1. The molecule has 2 nitrogen and oxygen atoms in total. The Balaban J connectivity index is 2.08. The molecule has 0 bridgehead atoms. The molecule has 0 amide bonds. The van der Waals surface area contributed by atoms with Crippen LogP contribution < -0.4 is 0 Å². The Morgan fingerprint density at radius 1 is 1.90 bits per heavy atom. The molecule has 1 aromatic heterocycles. The second kappa shape index (κ2) is 2.32. The number of thiazole rings is 1. The van der Waals surface area contributed by atoms with Crippen molar-refractivity contribution in [3.8, 4) is 0 Å². The van der Waals surface area contributed by atoms with E-state index in [1.165, 1.54) is 10.6 Å². The second-order valence-corrected chi connectivity index (χ2v) is 3.46. The van der Waals surface area contributed by atoms with Gasteiger partial charge < -0.3 is 4.74 Å². The molecule has 0 unspecified atom stereocenters. The van der Waals surface area contributed by atoms with Crippen molar-refractivity contribution < 1.29 is 4.74 Å². The molecule has 1 aliphatic rings. The fourth-order valence-electron chi connectivity index (χ4n) is 0.915. The molecule has 1 fully saturated rings. The van der Waals surface area contributed by atoms with Crippen LogP contribution in [0, 0.1) is 6.92 Å². The maximum atomic E-state index is 5.12. The van der Waals surface area contributed by atoms with E-state index in [0.29, 0.717) is 6.10 Å². The van der Waals surface area contributed by atoms with Crippen molar-refractivity contribution in [1.82, 2.24) is 4.98 Å². The van der Waals surface area contributed by atoms with Crippen LogP contribution in [0.5, 0.6) is 0 Å². The van der Waals surface area contributed by atoms with E-state index >= 15 is 0 Å². The van der Waals surface area contributed by atoms with Gasteiger partial charge >= 0.3 is 0 Å². The zero-order valence-electron chi connectivity index (χ0n) is 5.83. The van der Waals surface area contributed by atoms with Crippen LogP contribution in [0.15, 0.2) is 5.51 Å². The summed E-state index contributed by atoms with van der Waals surface area (Å²) < 4.78 is 5.12. The highest BCUT2D eigenvalue weighted by Gasteiger charge is 2.23. The maximum Gasteiger partial charge on any atom is 0.0858 e. The Kier molecular flexibility index (Phi) is 1.47. The van der Waals surface area contributed by atoms with E-state index in [2.05, 4.69) is 4.98 Å². The minimum Gasteiger partial charge on any atom is -0.373 e. The number of ether oxygens (including phenoxy) is 1. The number of aryl methyl sites for hydroxylation is 1. The van der Waals surface area contributed by atoms with Gasteiger partial charge in [0.25, 0.3) is 0 Å². The number of aromatic nitrogens is 1. The van der Waals surface area contributed by atoms with Gasteiger partial charge in [0.15, 0.2) is 0 Å². The van der Waals surface area contributed by atoms with Crippen molar-refractivity contribution in [2.45, 2.75) is 19.4 Å². The predicted octanol–water partition coefficient (Wildman–Crippen LogP) is 1.39. The summed E-state index contributed by atoms with van der Waals surface area (Å²) in [7, 11) is 0. The van der Waals surface area contributed by atoms with Crippen LogP contribution in [-0.2, 0) is 11.2 Å². The normalized spacial score (nSPS) is 23.1. The molecule has 0 saturated carbocycles. The quantitative estimate of drug-likeness (QED) is 0.603. The Morgan fingerprint density at radius 2 is 2.70 bits per heavy atom. The molecule has 0 N–H and O–H groups in total. The molecule has 54 valence electrons. The van der Waals surface area contributed by atoms with Gasteiger partial charge in [0.05, 0.1) is 23.9 Å². The lowest BCUT2D eigenvalue weighted by Crippen LogP contribution is -1.91. The summed E-state index contributed by atoms with van der Waals surface area (Å²) in [6.45, 7) is 2.99. The smallest absolute Gasteiger partial charge is 0.0858 e.